The van der Waals surface area contributed by atoms with Crippen molar-refractivity contribution in [2.75, 3.05) is 26.4 Å². The highest BCUT2D eigenvalue weighted by Crippen LogP contribution is 2.39. The number of halogens is 2. The molecule has 0 aromatic heterocycles. The van der Waals surface area contributed by atoms with E-state index in [2.05, 4.69) is 13.2 Å². The predicted molar refractivity (Wildman–Crippen MR) is 138 cm³/mol. The smallest absolute Gasteiger partial charge is 0.335 e. The number of hydrogen-bond donors (Lipinski definition) is 2. The van der Waals surface area contributed by atoms with Crippen LogP contribution in [0.4, 0.5) is 8.78 Å². The molecule has 6 nitrogen and oxygen atoms in total. The lowest BCUT2D eigenvalue weighted by atomic mass is 9.73. The molecule has 0 radical (unpaired) electrons. The van der Waals surface area contributed by atoms with Crippen molar-refractivity contribution in [1.29, 1.82) is 0 Å². The molecular weight excluding hydrogens is 482 g/mol. The molecule has 210 valence electrons. The van der Waals surface area contributed by atoms with Crippen molar-refractivity contribution in [3.63, 3.8) is 0 Å². The average Bonchev–Trinajstić information content (AvgIpc) is 2.91. The van der Waals surface area contributed by atoms with Gasteiger partial charge in [0.2, 0.25) is 0 Å². The summed E-state index contributed by atoms with van der Waals surface area (Å²) in [5.74, 6) is 0.699. The van der Waals surface area contributed by atoms with Gasteiger partial charge in [-0.05, 0) is 55.4 Å². The Morgan fingerprint density at radius 3 is 1.57 bits per heavy atom. The van der Waals surface area contributed by atoms with Gasteiger partial charge in [-0.2, -0.15) is 8.78 Å². The molecule has 0 unspecified atom stereocenters. The third-order valence-corrected chi connectivity index (χ3v) is 8.20. The van der Waals surface area contributed by atoms with Crippen molar-refractivity contribution in [3.05, 3.63) is 36.5 Å². The number of aliphatic hydroxyl groups excluding tert-OH is 2. The highest BCUT2D eigenvalue weighted by molar-refractivity contribution is 5.88. The van der Waals surface area contributed by atoms with Crippen LogP contribution in [0.5, 0.6) is 0 Å². The summed E-state index contributed by atoms with van der Waals surface area (Å²) in [6.07, 6.45) is 12.0. The van der Waals surface area contributed by atoms with Crippen LogP contribution in [0.25, 0.3) is 0 Å². The van der Waals surface area contributed by atoms with E-state index in [4.69, 9.17) is 19.7 Å². The Balaban J connectivity index is 1.76. The Labute approximate surface area is 219 Å². The predicted octanol–water partition coefficient (Wildman–Crippen LogP) is 5.74. The number of allylic oxidation sites excluding steroid dienone is 1. The molecule has 0 saturated heterocycles. The van der Waals surface area contributed by atoms with Crippen LogP contribution in [0.3, 0.4) is 0 Å². The molecule has 2 saturated carbocycles. The van der Waals surface area contributed by atoms with Crippen LogP contribution in [-0.2, 0) is 19.1 Å². The zero-order valence-electron chi connectivity index (χ0n) is 22.0. The number of esters is 2. The van der Waals surface area contributed by atoms with Gasteiger partial charge in [0.15, 0.2) is 0 Å². The van der Waals surface area contributed by atoms with Gasteiger partial charge in [-0.25, -0.2) is 9.59 Å². The third kappa shape index (κ3) is 11.5. The van der Waals surface area contributed by atoms with Crippen LogP contribution < -0.4 is 0 Å². The molecule has 0 spiro atoms. The summed E-state index contributed by atoms with van der Waals surface area (Å²) in [5, 5.41) is 18.2. The van der Waals surface area contributed by atoms with E-state index in [-0.39, 0.29) is 36.2 Å². The second-order valence-electron chi connectivity index (χ2n) is 10.8. The van der Waals surface area contributed by atoms with E-state index >= 15 is 0 Å². The van der Waals surface area contributed by atoms with E-state index in [9.17, 15) is 18.4 Å². The van der Waals surface area contributed by atoms with Crippen LogP contribution in [0.15, 0.2) is 36.5 Å². The maximum Gasteiger partial charge on any atom is 0.335 e. The minimum Gasteiger partial charge on any atom is -0.462 e. The molecule has 0 atom stereocenters. The number of hydrogen-bond acceptors (Lipinski definition) is 6. The van der Waals surface area contributed by atoms with Gasteiger partial charge >= 0.3 is 11.9 Å². The van der Waals surface area contributed by atoms with Crippen LogP contribution in [0.2, 0.25) is 0 Å². The number of carbonyl (C=O) groups excluding carboxylic acids is 2. The van der Waals surface area contributed by atoms with Crippen LogP contribution >= 0.6 is 0 Å². The zero-order chi connectivity index (χ0) is 27.2. The van der Waals surface area contributed by atoms with E-state index in [0.29, 0.717) is 18.3 Å². The lowest BCUT2D eigenvalue weighted by Crippen LogP contribution is -2.31. The van der Waals surface area contributed by atoms with Crippen LogP contribution in [0.1, 0.15) is 77.0 Å². The SMILES string of the molecule is C=C(CO)C(=O)OCC(COC(=O)C(=C)CO)C1CCC(CCC2CCC(CCC=C(F)F)CC2)CC1. The first kappa shape index (κ1) is 31.2. The Hall–Kier alpha value is -2.06. The molecule has 0 bridgehead atoms. The molecule has 0 aliphatic heterocycles. The Bertz CT molecular complexity index is 743. The van der Waals surface area contributed by atoms with Crippen LogP contribution in [-0.4, -0.2) is 48.6 Å². The molecule has 2 aliphatic rings. The molecule has 2 N–H and O–H groups in total. The largest absolute Gasteiger partial charge is 0.462 e. The van der Waals surface area contributed by atoms with Gasteiger partial charge in [-0.15, -0.1) is 0 Å². The molecule has 0 aromatic carbocycles. The maximum absolute atomic E-state index is 12.2. The van der Waals surface area contributed by atoms with Crippen molar-refractivity contribution in [2.45, 2.75) is 77.0 Å². The Morgan fingerprint density at radius 2 is 1.16 bits per heavy atom. The average molecular weight is 527 g/mol. The second kappa shape index (κ2) is 16.7. The summed E-state index contributed by atoms with van der Waals surface area (Å²) in [6.45, 7) is 6.17. The lowest BCUT2D eigenvalue weighted by Gasteiger charge is -2.34. The third-order valence-electron chi connectivity index (χ3n) is 8.20. The van der Waals surface area contributed by atoms with Gasteiger partial charge in [-0.3, -0.25) is 0 Å². The summed E-state index contributed by atoms with van der Waals surface area (Å²) in [4.78, 5) is 23.9. The fraction of sp³-hybridized carbons (Fsp3) is 0.724. The van der Waals surface area contributed by atoms with Crippen molar-refractivity contribution < 1.29 is 38.1 Å². The summed E-state index contributed by atoms with van der Waals surface area (Å²) in [5.41, 5.74) is -0.0414. The normalized spacial score (nSPS) is 23.8. The van der Waals surface area contributed by atoms with Crippen molar-refractivity contribution in [3.8, 4) is 0 Å². The molecule has 0 aromatic rings. The Kier molecular flexibility index (Phi) is 14.1. The van der Waals surface area contributed by atoms with E-state index < -0.39 is 31.2 Å². The molecular formula is C29H44F2O6. The second-order valence-corrected chi connectivity index (χ2v) is 10.8. The van der Waals surface area contributed by atoms with Gasteiger partial charge in [0.05, 0.1) is 37.6 Å². The van der Waals surface area contributed by atoms with Gasteiger partial charge < -0.3 is 19.7 Å². The van der Waals surface area contributed by atoms with Gasteiger partial charge in [-0.1, -0.05) is 64.5 Å². The van der Waals surface area contributed by atoms with Gasteiger partial charge in [0.1, 0.15) is 0 Å². The van der Waals surface area contributed by atoms with E-state index in [1.807, 2.05) is 0 Å². The van der Waals surface area contributed by atoms with Gasteiger partial charge in [0.25, 0.3) is 6.08 Å². The summed E-state index contributed by atoms with van der Waals surface area (Å²) in [6, 6.07) is 0. The highest BCUT2D eigenvalue weighted by atomic mass is 19.3. The molecule has 0 amide bonds. The van der Waals surface area contributed by atoms with E-state index in [1.165, 1.54) is 25.7 Å². The van der Waals surface area contributed by atoms with Gasteiger partial charge in [0, 0.05) is 5.92 Å². The maximum atomic E-state index is 12.2. The number of aliphatic hydroxyl groups is 2. The quantitative estimate of drug-likeness (QED) is 0.209. The van der Waals surface area contributed by atoms with E-state index in [1.54, 1.807) is 0 Å². The number of rotatable bonds is 15. The summed E-state index contributed by atoms with van der Waals surface area (Å²) < 4.78 is 35.1. The van der Waals surface area contributed by atoms with Crippen molar-refractivity contribution in [2.24, 2.45) is 29.6 Å². The minimum atomic E-state index is -1.57. The lowest BCUT2D eigenvalue weighted by molar-refractivity contribution is -0.146. The number of ether oxygens (including phenoxy) is 2. The first-order valence-electron chi connectivity index (χ1n) is 13.7. The highest BCUT2D eigenvalue weighted by Gasteiger charge is 2.31. The minimum absolute atomic E-state index is 0.0207. The van der Waals surface area contributed by atoms with Crippen molar-refractivity contribution in [1.82, 2.24) is 0 Å². The number of carbonyl (C=O) groups is 2. The van der Waals surface area contributed by atoms with Crippen molar-refractivity contribution >= 4 is 11.9 Å². The monoisotopic (exact) mass is 526 g/mol. The van der Waals surface area contributed by atoms with Crippen LogP contribution in [0, 0.1) is 29.6 Å². The summed E-state index contributed by atoms with van der Waals surface area (Å²) in [7, 11) is 0. The fourth-order valence-corrected chi connectivity index (χ4v) is 5.68. The van der Waals surface area contributed by atoms with E-state index in [0.717, 1.165) is 56.9 Å². The zero-order valence-corrected chi connectivity index (χ0v) is 22.0. The molecule has 37 heavy (non-hydrogen) atoms. The molecule has 2 fully saturated rings. The Morgan fingerprint density at radius 1 is 0.757 bits per heavy atom. The fourth-order valence-electron chi connectivity index (χ4n) is 5.68. The topological polar surface area (TPSA) is 93.1 Å². The molecule has 2 aliphatic carbocycles. The standard InChI is InChI=1S/C29H44F2O6/c1-20(16-32)28(34)36-18-26(19-37-29(35)21(2)17-33)25-14-12-24(13-15-25)11-10-23-8-6-22(7-9-23)4-3-5-27(30)31/h5,22-26,32-33H,1-4,6-19H2. The molecule has 0 heterocycles. The summed E-state index contributed by atoms with van der Waals surface area (Å²) >= 11 is 0. The first-order valence-corrected chi connectivity index (χ1v) is 13.7. The molecule has 2 rings (SSSR count). The molecule has 8 heteroatoms. The first-order chi connectivity index (χ1) is 17.7.